The van der Waals surface area contributed by atoms with Crippen LogP contribution in [0.2, 0.25) is 0 Å². The smallest absolute Gasteiger partial charge is 0.129 e. The molecule has 3 heteroatoms. The highest BCUT2D eigenvalue weighted by atomic mass is 19.1. The van der Waals surface area contributed by atoms with Gasteiger partial charge in [-0.2, -0.15) is 0 Å². The quantitative estimate of drug-likeness (QED) is 0.573. The third-order valence-electron chi connectivity index (χ3n) is 1.98. The van der Waals surface area contributed by atoms with E-state index in [4.69, 9.17) is 4.74 Å². The van der Waals surface area contributed by atoms with E-state index >= 15 is 0 Å². The highest BCUT2D eigenvalue weighted by Crippen LogP contribution is 2.15. The van der Waals surface area contributed by atoms with Crippen LogP contribution < -0.4 is 10.1 Å². The lowest BCUT2D eigenvalue weighted by Crippen LogP contribution is -2.20. The zero-order chi connectivity index (χ0) is 11.1. The van der Waals surface area contributed by atoms with Gasteiger partial charge in [0, 0.05) is 19.2 Å². The molecular formula is C12H16FNO. The topological polar surface area (TPSA) is 21.3 Å². The molecule has 0 saturated carbocycles. The Balaban J connectivity index is 2.31. The lowest BCUT2D eigenvalue weighted by molar-refractivity contribution is 0.314. The molecule has 0 fully saturated rings. The predicted octanol–water partition coefficient (Wildman–Crippen LogP) is 2.29. The minimum Gasteiger partial charge on any atom is -0.492 e. The maximum atomic E-state index is 13.1. The Morgan fingerprint density at radius 3 is 3.00 bits per heavy atom. The number of nitrogens with one attached hydrogen (secondary N) is 1. The summed E-state index contributed by atoms with van der Waals surface area (Å²) in [6, 6.07) is 4.89. The Morgan fingerprint density at radius 1 is 1.53 bits per heavy atom. The second-order valence-corrected chi connectivity index (χ2v) is 3.25. The monoisotopic (exact) mass is 209 g/mol. The molecule has 0 aliphatic carbocycles. The van der Waals surface area contributed by atoms with Crippen LogP contribution in [0.3, 0.4) is 0 Å². The van der Waals surface area contributed by atoms with E-state index in [2.05, 4.69) is 11.9 Å². The molecule has 2 nitrogen and oxygen atoms in total. The maximum absolute atomic E-state index is 13.1. The normalized spacial score (nSPS) is 10.0. The second-order valence-electron chi connectivity index (χ2n) is 3.25. The summed E-state index contributed by atoms with van der Waals surface area (Å²) in [7, 11) is 0. The lowest BCUT2D eigenvalue weighted by Gasteiger charge is -2.07. The van der Waals surface area contributed by atoms with Crippen molar-refractivity contribution < 1.29 is 9.13 Å². The molecule has 1 rings (SSSR count). The van der Waals surface area contributed by atoms with Crippen LogP contribution in [0.25, 0.3) is 0 Å². The molecule has 82 valence electrons. The molecule has 0 aliphatic heterocycles. The molecule has 15 heavy (non-hydrogen) atoms. The first kappa shape index (κ1) is 11.7. The third-order valence-corrected chi connectivity index (χ3v) is 1.98. The average molecular weight is 209 g/mol. The molecule has 0 radical (unpaired) electrons. The number of hydrogen-bond donors (Lipinski definition) is 1. The van der Waals surface area contributed by atoms with Crippen molar-refractivity contribution in [3.8, 4) is 5.75 Å². The molecule has 1 aromatic carbocycles. The fourth-order valence-electron chi connectivity index (χ4n) is 1.11. The van der Waals surface area contributed by atoms with Crippen LogP contribution >= 0.6 is 0 Å². The predicted molar refractivity (Wildman–Crippen MR) is 59.7 cm³/mol. The lowest BCUT2D eigenvalue weighted by atomic mass is 10.2. The van der Waals surface area contributed by atoms with Crippen molar-refractivity contribution in [2.75, 3.05) is 19.7 Å². The number of rotatable bonds is 6. The molecular weight excluding hydrogens is 193 g/mol. The zero-order valence-corrected chi connectivity index (χ0v) is 8.92. The van der Waals surface area contributed by atoms with Crippen LogP contribution in [0.1, 0.15) is 5.56 Å². The number of hydrogen-bond acceptors (Lipinski definition) is 2. The van der Waals surface area contributed by atoms with E-state index in [9.17, 15) is 4.39 Å². The SMILES string of the molecule is C=CCNCCOc1ccc(C)c(F)c1. The minimum absolute atomic E-state index is 0.230. The Hall–Kier alpha value is -1.35. The molecule has 0 saturated heterocycles. The van der Waals surface area contributed by atoms with Crippen LogP contribution in [-0.4, -0.2) is 19.7 Å². The van der Waals surface area contributed by atoms with Crippen molar-refractivity contribution in [2.45, 2.75) is 6.92 Å². The van der Waals surface area contributed by atoms with Crippen LogP contribution in [-0.2, 0) is 0 Å². The van der Waals surface area contributed by atoms with E-state index in [1.54, 1.807) is 25.1 Å². The first-order valence-electron chi connectivity index (χ1n) is 4.94. The van der Waals surface area contributed by atoms with Gasteiger partial charge in [-0.25, -0.2) is 4.39 Å². The zero-order valence-electron chi connectivity index (χ0n) is 8.92. The molecule has 1 N–H and O–H groups in total. The largest absolute Gasteiger partial charge is 0.492 e. The van der Waals surface area contributed by atoms with E-state index in [1.807, 2.05) is 0 Å². The standard InChI is InChI=1S/C12H16FNO/c1-3-6-14-7-8-15-11-5-4-10(2)12(13)9-11/h3-5,9,14H,1,6-8H2,2H3. The fraction of sp³-hybridized carbons (Fsp3) is 0.333. The Kier molecular flexibility index (Phi) is 4.84. The van der Waals surface area contributed by atoms with E-state index in [0.29, 0.717) is 17.9 Å². The van der Waals surface area contributed by atoms with E-state index in [1.165, 1.54) is 6.07 Å². The highest BCUT2D eigenvalue weighted by molar-refractivity contribution is 5.27. The highest BCUT2D eigenvalue weighted by Gasteiger charge is 1.99. The van der Waals surface area contributed by atoms with Crippen molar-refractivity contribution >= 4 is 0 Å². The van der Waals surface area contributed by atoms with Gasteiger partial charge in [-0.05, 0) is 18.6 Å². The number of aryl methyl sites for hydroxylation is 1. The second kappa shape index (κ2) is 6.19. The molecule has 0 aliphatic rings. The van der Waals surface area contributed by atoms with Crippen molar-refractivity contribution in [1.29, 1.82) is 0 Å². The van der Waals surface area contributed by atoms with Crippen molar-refractivity contribution in [3.05, 3.63) is 42.2 Å². The van der Waals surface area contributed by atoms with Crippen LogP contribution in [0, 0.1) is 12.7 Å². The fourth-order valence-corrected chi connectivity index (χ4v) is 1.11. The van der Waals surface area contributed by atoms with Gasteiger partial charge in [-0.3, -0.25) is 0 Å². The molecule has 0 amide bonds. The minimum atomic E-state index is -0.230. The van der Waals surface area contributed by atoms with Crippen molar-refractivity contribution in [3.63, 3.8) is 0 Å². The van der Waals surface area contributed by atoms with Gasteiger partial charge in [0.15, 0.2) is 0 Å². The Labute approximate surface area is 89.8 Å². The van der Waals surface area contributed by atoms with E-state index < -0.39 is 0 Å². The molecule has 0 heterocycles. The van der Waals surface area contributed by atoms with Gasteiger partial charge in [-0.1, -0.05) is 12.1 Å². The van der Waals surface area contributed by atoms with Gasteiger partial charge in [0.1, 0.15) is 18.2 Å². The van der Waals surface area contributed by atoms with Crippen LogP contribution in [0.15, 0.2) is 30.9 Å². The van der Waals surface area contributed by atoms with Crippen LogP contribution in [0.4, 0.5) is 4.39 Å². The summed E-state index contributed by atoms with van der Waals surface area (Å²) in [4.78, 5) is 0. The van der Waals surface area contributed by atoms with Gasteiger partial charge < -0.3 is 10.1 Å². The summed E-state index contributed by atoms with van der Waals surface area (Å²) in [5.74, 6) is 0.338. The van der Waals surface area contributed by atoms with Gasteiger partial charge in [0.25, 0.3) is 0 Å². The van der Waals surface area contributed by atoms with Gasteiger partial charge in [0.05, 0.1) is 0 Å². The average Bonchev–Trinajstić information content (AvgIpc) is 2.23. The molecule has 0 aromatic heterocycles. The summed E-state index contributed by atoms with van der Waals surface area (Å²) in [6.45, 7) is 7.32. The van der Waals surface area contributed by atoms with Gasteiger partial charge in [-0.15, -0.1) is 6.58 Å². The summed E-state index contributed by atoms with van der Waals surface area (Å²) < 4.78 is 18.5. The summed E-state index contributed by atoms with van der Waals surface area (Å²) in [5, 5.41) is 3.09. The summed E-state index contributed by atoms with van der Waals surface area (Å²) >= 11 is 0. The molecule has 1 aromatic rings. The number of benzene rings is 1. The third kappa shape index (κ3) is 4.13. The Bertz CT molecular complexity index is 325. The summed E-state index contributed by atoms with van der Waals surface area (Å²) in [6.07, 6.45) is 1.78. The van der Waals surface area contributed by atoms with Crippen molar-refractivity contribution in [2.24, 2.45) is 0 Å². The van der Waals surface area contributed by atoms with Crippen molar-refractivity contribution in [1.82, 2.24) is 5.32 Å². The maximum Gasteiger partial charge on any atom is 0.129 e. The number of halogens is 1. The number of ether oxygens (including phenoxy) is 1. The van der Waals surface area contributed by atoms with E-state index in [0.717, 1.165) is 13.1 Å². The molecule has 0 unspecified atom stereocenters. The first-order chi connectivity index (χ1) is 7.24. The van der Waals surface area contributed by atoms with Crippen LogP contribution in [0.5, 0.6) is 5.75 Å². The molecule has 0 bridgehead atoms. The first-order valence-corrected chi connectivity index (χ1v) is 4.94. The van der Waals surface area contributed by atoms with Gasteiger partial charge >= 0.3 is 0 Å². The van der Waals surface area contributed by atoms with E-state index in [-0.39, 0.29) is 5.82 Å². The Morgan fingerprint density at radius 2 is 2.33 bits per heavy atom. The summed E-state index contributed by atoms with van der Waals surface area (Å²) in [5.41, 5.74) is 0.632. The van der Waals surface area contributed by atoms with Gasteiger partial charge in [0.2, 0.25) is 0 Å². The molecule has 0 atom stereocenters. The molecule has 0 spiro atoms.